The van der Waals surface area contributed by atoms with Gasteiger partial charge in [0.05, 0.1) is 0 Å². The van der Waals surface area contributed by atoms with E-state index in [4.69, 9.17) is 0 Å². The minimum absolute atomic E-state index is 0.531. The molecule has 1 fully saturated rings. The first-order chi connectivity index (χ1) is 7.05. The number of aromatic amines is 1. The van der Waals surface area contributed by atoms with E-state index in [-0.39, 0.29) is 0 Å². The number of nitrogens with one attached hydrogen (secondary N) is 1. The van der Waals surface area contributed by atoms with Crippen LogP contribution in [0, 0.1) is 0 Å². The Morgan fingerprint density at radius 3 is 2.53 bits per heavy atom. The molecule has 0 aliphatic carbocycles. The SMILES string of the molecule is FC(F)(F)c1cc(CN2CCCC2)[nH]n1. The highest BCUT2D eigenvalue weighted by Gasteiger charge is 2.33. The summed E-state index contributed by atoms with van der Waals surface area (Å²) in [4.78, 5) is 2.12. The number of aromatic nitrogens is 2. The summed E-state index contributed by atoms with van der Waals surface area (Å²) in [5.41, 5.74) is -0.305. The molecule has 1 saturated heterocycles. The number of rotatable bonds is 2. The molecule has 1 aromatic heterocycles. The van der Waals surface area contributed by atoms with Crippen molar-refractivity contribution in [1.82, 2.24) is 15.1 Å². The van der Waals surface area contributed by atoms with Gasteiger partial charge in [0.2, 0.25) is 0 Å². The van der Waals surface area contributed by atoms with E-state index in [9.17, 15) is 13.2 Å². The first-order valence-electron chi connectivity index (χ1n) is 4.89. The Hall–Kier alpha value is -1.04. The summed E-state index contributed by atoms with van der Waals surface area (Å²) in [6, 6.07) is 1.08. The average molecular weight is 219 g/mol. The van der Waals surface area contributed by atoms with Crippen molar-refractivity contribution in [3.05, 3.63) is 17.5 Å². The lowest BCUT2D eigenvalue weighted by molar-refractivity contribution is -0.141. The number of hydrogen-bond acceptors (Lipinski definition) is 2. The van der Waals surface area contributed by atoms with E-state index in [1.54, 1.807) is 0 Å². The second-order valence-electron chi connectivity index (χ2n) is 3.76. The molecule has 15 heavy (non-hydrogen) atoms. The molecule has 84 valence electrons. The highest BCUT2D eigenvalue weighted by atomic mass is 19.4. The molecule has 6 heteroatoms. The van der Waals surface area contributed by atoms with Crippen LogP contribution >= 0.6 is 0 Å². The van der Waals surface area contributed by atoms with Gasteiger partial charge in [0.25, 0.3) is 0 Å². The van der Waals surface area contributed by atoms with Gasteiger partial charge in [0.1, 0.15) is 0 Å². The zero-order valence-electron chi connectivity index (χ0n) is 8.14. The van der Waals surface area contributed by atoms with Gasteiger partial charge in [-0.05, 0) is 32.0 Å². The molecular weight excluding hydrogens is 207 g/mol. The van der Waals surface area contributed by atoms with E-state index >= 15 is 0 Å². The largest absolute Gasteiger partial charge is 0.435 e. The van der Waals surface area contributed by atoms with Gasteiger partial charge in [-0.15, -0.1) is 0 Å². The van der Waals surface area contributed by atoms with Gasteiger partial charge in [-0.2, -0.15) is 18.3 Å². The molecule has 0 saturated carbocycles. The number of likely N-dealkylation sites (tertiary alicyclic amines) is 1. The van der Waals surface area contributed by atoms with Gasteiger partial charge in [-0.25, -0.2) is 0 Å². The predicted octanol–water partition coefficient (Wildman–Crippen LogP) is 2.02. The maximum absolute atomic E-state index is 12.2. The molecule has 3 nitrogen and oxygen atoms in total. The normalized spacial score (nSPS) is 18.6. The van der Waals surface area contributed by atoms with Crippen molar-refractivity contribution in [2.45, 2.75) is 25.6 Å². The summed E-state index contributed by atoms with van der Waals surface area (Å²) in [5, 5.41) is 5.68. The lowest BCUT2D eigenvalue weighted by atomic mass is 10.3. The van der Waals surface area contributed by atoms with Crippen molar-refractivity contribution in [3.8, 4) is 0 Å². The average Bonchev–Trinajstić information content (AvgIpc) is 2.73. The standard InChI is InChI=1S/C9H12F3N3/c10-9(11,12)8-5-7(13-14-8)6-15-3-1-2-4-15/h5H,1-4,6H2,(H,13,14). The van der Waals surface area contributed by atoms with Crippen LogP contribution in [0.15, 0.2) is 6.07 Å². The Balaban J connectivity index is 2.00. The number of H-pyrrole nitrogens is 1. The van der Waals surface area contributed by atoms with Gasteiger partial charge < -0.3 is 0 Å². The van der Waals surface area contributed by atoms with Crippen LogP contribution in [0.3, 0.4) is 0 Å². The molecule has 0 radical (unpaired) electrons. The highest BCUT2D eigenvalue weighted by molar-refractivity contribution is 5.11. The van der Waals surface area contributed by atoms with E-state index in [0.29, 0.717) is 12.2 Å². The Kier molecular flexibility index (Phi) is 2.68. The molecule has 0 atom stereocenters. The molecule has 0 spiro atoms. The number of halogens is 3. The number of hydrogen-bond donors (Lipinski definition) is 1. The van der Waals surface area contributed by atoms with Crippen molar-refractivity contribution in [1.29, 1.82) is 0 Å². The zero-order valence-corrected chi connectivity index (χ0v) is 8.14. The van der Waals surface area contributed by atoms with Gasteiger partial charge in [0, 0.05) is 12.2 Å². The maximum Gasteiger partial charge on any atom is 0.435 e. The van der Waals surface area contributed by atoms with Crippen LogP contribution < -0.4 is 0 Å². The lowest BCUT2D eigenvalue weighted by Gasteiger charge is -2.11. The minimum Gasteiger partial charge on any atom is -0.298 e. The van der Waals surface area contributed by atoms with Gasteiger partial charge in [0.15, 0.2) is 5.69 Å². The molecule has 1 N–H and O–H groups in total. The van der Waals surface area contributed by atoms with Crippen molar-refractivity contribution in [2.24, 2.45) is 0 Å². The summed E-state index contributed by atoms with van der Waals surface area (Å²) in [6.45, 7) is 2.45. The van der Waals surface area contributed by atoms with Crippen molar-refractivity contribution in [3.63, 3.8) is 0 Å². The number of alkyl halides is 3. The summed E-state index contributed by atoms with van der Waals surface area (Å²) in [5.74, 6) is 0. The smallest absolute Gasteiger partial charge is 0.298 e. The zero-order chi connectivity index (χ0) is 10.9. The van der Waals surface area contributed by atoms with Crippen molar-refractivity contribution < 1.29 is 13.2 Å². The topological polar surface area (TPSA) is 31.9 Å². The van der Waals surface area contributed by atoms with Crippen LogP contribution in [-0.2, 0) is 12.7 Å². The van der Waals surface area contributed by atoms with E-state index in [1.165, 1.54) is 0 Å². The molecular formula is C9H12F3N3. The molecule has 0 bridgehead atoms. The maximum atomic E-state index is 12.2. The summed E-state index contributed by atoms with van der Waals surface area (Å²) < 4.78 is 36.7. The molecule has 1 aliphatic heterocycles. The Morgan fingerprint density at radius 1 is 1.33 bits per heavy atom. The molecule has 1 aromatic rings. The van der Waals surface area contributed by atoms with Crippen LogP contribution in [0.2, 0.25) is 0 Å². The molecule has 1 aliphatic rings. The van der Waals surface area contributed by atoms with E-state index in [1.807, 2.05) is 0 Å². The fraction of sp³-hybridized carbons (Fsp3) is 0.667. The first kappa shape index (κ1) is 10.5. The third-order valence-electron chi connectivity index (χ3n) is 2.51. The van der Waals surface area contributed by atoms with Crippen molar-refractivity contribution >= 4 is 0 Å². The van der Waals surface area contributed by atoms with E-state index in [2.05, 4.69) is 15.1 Å². The van der Waals surface area contributed by atoms with Gasteiger partial charge in [-0.1, -0.05) is 0 Å². The quantitative estimate of drug-likeness (QED) is 0.825. The summed E-state index contributed by atoms with van der Waals surface area (Å²) in [7, 11) is 0. The third kappa shape index (κ3) is 2.50. The monoisotopic (exact) mass is 219 g/mol. The Bertz CT molecular complexity index is 326. The van der Waals surface area contributed by atoms with Crippen LogP contribution in [0.4, 0.5) is 13.2 Å². The summed E-state index contributed by atoms with van der Waals surface area (Å²) >= 11 is 0. The fourth-order valence-corrected chi connectivity index (χ4v) is 1.77. The number of nitrogens with zero attached hydrogens (tertiary/aromatic N) is 2. The molecule has 0 unspecified atom stereocenters. The molecule has 2 heterocycles. The molecule has 0 aromatic carbocycles. The van der Waals surface area contributed by atoms with Crippen molar-refractivity contribution in [2.75, 3.05) is 13.1 Å². The van der Waals surface area contributed by atoms with Gasteiger partial charge in [-0.3, -0.25) is 10.00 Å². The molecule has 2 rings (SSSR count). The fourth-order valence-electron chi connectivity index (χ4n) is 1.77. The Morgan fingerprint density at radius 2 is 2.00 bits per heavy atom. The van der Waals surface area contributed by atoms with Crippen LogP contribution in [0.1, 0.15) is 24.2 Å². The predicted molar refractivity (Wildman–Crippen MR) is 48.1 cm³/mol. The van der Waals surface area contributed by atoms with Crippen LogP contribution in [0.25, 0.3) is 0 Å². The summed E-state index contributed by atoms with van der Waals surface area (Å²) in [6.07, 6.45) is -2.10. The second kappa shape index (κ2) is 3.84. The minimum atomic E-state index is -4.35. The van der Waals surface area contributed by atoms with E-state index in [0.717, 1.165) is 32.0 Å². The van der Waals surface area contributed by atoms with Crippen LogP contribution in [-0.4, -0.2) is 28.2 Å². The molecule has 0 amide bonds. The lowest BCUT2D eigenvalue weighted by Crippen LogP contribution is -2.18. The first-order valence-corrected chi connectivity index (χ1v) is 4.89. The van der Waals surface area contributed by atoms with Crippen LogP contribution in [0.5, 0.6) is 0 Å². The third-order valence-corrected chi connectivity index (χ3v) is 2.51. The van der Waals surface area contributed by atoms with Gasteiger partial charge >= 0.3 is 6.18 Å². The second-order valence-corrected chi connectivity index (χ2v) is 3.76. The highest BCUT2D eigenvalue weighted by Crippen LogP contribution is 2.28. The van der Waals surface area contributed by atoms with E-state index < -0.39 is 11.9 Å². The Labute approximate surface area is 85.3 Å².